The van der Waals surface area contributed by atoms with Crippen LogP contribution in [0.25, 0.3) is 5.57 Å². The summed E-state index contributed by atoms with van der Waals surface area (Å²) in [5.74, 6) is -1.06. The van der Waals surface area contributed by atoms with Crippen LogP contribution in [0.5, 0.6) is 0 Å². The van der Waals surface area contributed by atoms with E-state index in [9.17, 15) is 4.79 Å². The molecule has 0 radical (unpaired) electrons. The molecule has 5 heteroatoms. The van der Waals surface area contributed by atoms with Crippen molar-refractivity contribution in [2.45, 2.75) is 6.42 Å². The van der Waals surface area contributed by atoms with E-state index in [0.29, 0.717) is 11.1 Å². The monoisotopic (exact) mass is 237 g/mol. The summed E-state index contributed by atoms with van der Waals surface area (Å²) in [6, 6.07) is 11.0. The summed E-state index contributed by atoms with van der Waals surface area (Å²) in [5.41, 5.74) is 0.768. The molecule has 0 aromatic heterocycles. The predicted molar refractivity (Wildman–Crippen MR) is 61.8 cm³/mol. The lowest BCUT2D eigenvalue weighted by Gasteiger charge is -2.04. The van der Waals surface area contributed by atoms with Crippen molar-refractivity contribution in [3.63, 3.8) is 0 Å². The fraction of sp³-hybridized carbons (Fsp3) is 0.0769. The number of aromatic carboxylic acids is 1. The van der Waals surface area contributed by atoms with Gasteiger partial charge in [-0.1, -0.05) is 12.1 Å². The van der Waals surface area contributed by atoms with Gasteiger partial charge in [0, 0.05) is 5.57 Å². The zero-order valence-corrected chi connectivity index (χ0v) is 9.21. The molecular weight excluding hydrogens is 230 g/mol. The minimum atomic E-state index is -1.06. The Labute approximate surface area is 103 Å². The second-order valence-corrected chi connectivity index (χ2v) is 3.29. The molecular formula is C13H7N3O2. The molecule has 0 aliphatic rings. The number of nitriles is 3. The van der Waals surface area contributed by atoms with Gasteiger partial charge in [-0.05, 0) is 17.7 Å². The Hall–Kier alpha value is -3.10. The number of rotatable bonds is 3. The summed E-state index contributed by atoms with van der Waals surface area (Å²) in [7, 11) is 0. The zero-order valence-electron chi connectivity index (χ0n) is 9.21. The number of benzene rings is 1. The van der Waals surface area contributed by atoms with Crippen molar-refractivity contribution in [1.29, 1.82) is 15.8 Å². The standard InChI is InChI=1S/C13H7N3O2/c14-6-5-12(11(7-15)8-16)9-1-3-10(4-2-9)13(17)18/h1-4H,5H2,(H,17,18). The molecule has 0 saturated heterocycles. The summed E-state index contributed by atoms with van der Waals surface area (Å²) in [4.78, 5) is 10.7. The molecule has 1 rings (SSSR count). The number of hydrogen-bond acceptors (Lipinski definition) is 4. The van der Waals surface area contributed by atoms with Gasteiger partial charge in [0.05, 0.1) is 18.1 Å². The number of nitrogens with zero attached hydrogens (tertiary/aromatic N) is 3. The van der Waals surface area contributed by atoms with Crippen molar-refractivity contribution in [1.82, 2.24) is 0 Å². The molecule has 0 bridgehead atoms. The Morgan fingerprint density at radius 2 is 1.56 bits per heavy atom. The quantitative estimate of drug-likeness (QED) is 0.809. The minimum absolute atomic E-state index is 0.0805. The molecule has 86 valence electrons. The molecule has 0 unspecified atom stereocenters. The first-order valence-electron chi connectivity index (χ1n) is 4.88. The topological polar surface area (TPSA) is 109 Å². The van der Waals surface area contributed by atoms with Gasteiger partial charge in [-0.15, -0.1) is 0 Å². The Balaban J connectivity index is 3.30. The van der Waals surface area contributed by atoms with Crippen LogP contribution < -0.4 is 0 Å². The predicted octanol–water partition coefficient (Wildman–Crippen LogP) is 2.10. The summed E-state index contributed by atoms with van der Waals surface area (Å²) in [6.45, 7) is 0. The average Bonchev–Trinajstić information content (AvgIpc) is 2.39. The van der Waals surface area contributed by atoms with E-state index >= 15 is 0 Å². The largest absolute Gasteiger partial charge is 0.478 e. The fourth-order valence-electron chi connectivity index (χ4n) is 1.39. The first-order chi connectivity index (χ1) is 8.63. The smallest absolute Gasteiger partial charge is 0.335 e. The molecule has 0 aliphatic heterocycles. The minimum Gasteiger partial charge on any atom is -0.478 e. The first-order valence-corrected chi connectivity index (χ1v) is 4.88. The number of allylic oxidation sites excluding steroid dienone is 2. The second-order valence-electron chi connectivity index (χ2n) is 3.29. The van der Waals surface area contributed by atoms with Gasteiger partial charge in [0.1, 0.15) is 17.7 Å². The lowest BCUT2D eigenvalue weighted by atomic mass is 9.97. The number of carboxylic acid groups (broad SMARTS) is 1. The van der Waals surface area contributed by atoms with Gasteiger partial charge >= 0.3 is 5.97 Å². The summed E-state index contributed by atoms with van der Waals surface area (Å²) in [6.07, 6.45) is -0.0805. The molecule has 1 aromatic carbocycles. The lowest BCUT2D eigenvalue weighted by molar-refractivity contribution is 0.0697. The van der Waals surface area contributed by atoms with Gasteiger partial charge in [-0.3, -0.25) is 0 Å². The van der Waals surface area contributed by atoms with Crippen molar-refractivity contribution in [3.8, 4) is 18.2 Å². The average molecular weight is 237 g/mol. The number of carboxylic acids is 1. The highest BCUT2D eigenvalue weighted by molar-refractivity contribution is 5.88. The Bertz CT molecular complexity index is 606. The molecule has 0 aliphatic carbocycles. The summed E-state index contributed by atoms with van der Waals surface area (Å²) >= 11 is 0. The van der Waals surface area contributed by atoms with E-state index in [-0.39, 0.29) is 17.6 Å². The molecule has 0 heterocycles. The molecule has 1 aromatic rings. The molecule has 0 amide bonds. The first kappa shape index (κ1) is 13.0. The van der Waals surface area contributed by atoms with Gasteiger partial charge in [-0.2, -0.15) is 15.8 Å². The van der Waals surface area contributed by atoms with Crippen LogP contribution in [-0.4, -0.2) is 11.1 Å². The van der Waals surface area contributed by atoms with Gasteiger partial charge in [-0.25, -0.2) is 4.79 Å². The van der Waals surface area contributed by atoms with E-state index in [0.717, 1.165) is 0 Å². The van der Waals surface area contributed by atoms with Crippen molar-refractivity contribution in [2.24, 2.45) is 0 Å². The normalized spacial score (nSPS) is 8.50. The highest BCUT2D eigenvalue weighted by atomic mass is 16.4. The molecule has 0 spiro atoms. The second kappa shape index (κ2) is 5.84. The van der Waals surface area contributed by atoms with Crippen LogP contribution >= 0.6 is 0 Å². The maximum atomic E-state index is 10.7. The Morgan fingerprint density at radius 3 is 1.94 bits per heavy atom. The molecule has 0 saturated carbocycles. The van der Waals surface area contributed by atoms with Gasteiger partial charge in [0.15, 0.2) is 0 Å². The Kier molecular flexibility index (Phi) is 4.21. The van der Waals surface area contributed by atoms with Crippen LogP contribution in [0.2, 0.25) is 0 Å². The third-order valence-electron chi connectivity index (χ3n) is 2.26. The van der Waals surface area contributed by atoms with Crippen LogP contribution in [0.15, 0.2) is 29.8 Å². The van der Waals surface area contributed by atoms with Crippen LogP contribution in [0.3, 0.4) is 0 Å². The summed E-state index contributed by atoms with van der Waals surface area (Å²) < 4.78 is 0. The van der Waals surface area contributed by atoms with Crippen molar-refractivity contribution < 1.29 is 9.90 Å². The van der Waals surface area contributed by atoms with E-state index in [4.69, 9.17) is 20.9 Å². The summed E-state index contributed by atoms with van der Waals surface area (Å²) in [5, 5.41) is 35.0. The highest BCUT2D eigenvalue weighted by Crippen LogP contribution is 2.22. The van der Waals surface area contributed by atoms with E-state index < -0.39 is 5.97 Å². The molecule has 0 fully saturated rings. The lowest BCUT2D eigenvalue weighted by Crippen LogP contribution is -1.96. The zero-order chi connectivity index (χ0) is 13.5. The van der Waals surface area contributed by atoms with Crippen LogP contribution in [0.1, 0.15) is 22.3 Å². The van der Waals surface area contributed by atoms with Crippen LogP contribution in [-0.2, 0) is 0 Å². The van der Waals surface area contributed by atoms with Crippen LogP contribution in [0, 0.1) is 34.0 Å². The number of carbonyl (C=O) groups is 1. The SMILES string of the molecule is N#CCC(=C(C#N)C#N)c1ccc(C(=O)O)cc1. The van der Waals surface area contributed by atoms with E-state index in [1.165, 1.54) is 24.3 Å². The van der Waals surface area contributed by atoms with Gasteiger partial charge in [0.2, 0.25) is 0 Å². The third kappa shape index (κ3) is 2.72. The van der Waals surface area contributed by atoms with Crippen molar-refractivity contribution in [2.75, 3.05) is 0 Å². The van der Waals surface area contributed by atoms with Gasteiger partial charge in [0.25, 0.3) is 0 Å². The highest BCUT2D eigenvalue weighted by Gasteiger charge is 2.10. The van der Waals surface area contributed by atoms with Gasteiger partial charge < -0.3 is 5.11 Å². The molecule has 1 N–H and O–H groups in total. The fourth-order valence-corrected chi connectivity index (χ4v) is 1.39. The number of hydrogen-bond donors (Lipinski definition) is 1. The van der Waals surface area contributed by atoms with Crippen molar-refractivity contribution in [3.05, 3.63) is 41.0 Å². The molecule has 18 heavy (non-hydrogen) atoms. The maximum Gasteiger partial charge on any atom is 0.335 e. The van der Waals surface area contributed by atoms with E-state index in [1.54, 1.807) is 12.1 Å². The van der Waals surface area contributed by atoms with Crippen molar-refractivity contribution >= 4 is 11.5 Å². The molecule has 0 atom stereocenters. The molecule has 5 nitrogen and oxygen atoms in total. The van der Waals surface area contributed by atoms with Crippen LogP contribution in [0.4, 0.5) is 0 Å². The Morgan fingerprint density at radius 1 is 1.06 bits per heavy atom. The third-order valence-corrected chi connectivity index (χ3v) is 2.26. The van der Waals surface area contributed by atoms with E-state index in [2.05, 4.69) is 0 Å². The van der Waals surface area contributed by atoms with E-state index in [1.807, 2.05) is 6.07 Å². The maximum absolute atomic E-state index is 10.7.